The van der Waals surface area contributed by atoms with Gasteiger partial charge in [0.15, 0.2) is 0 Å². The van der Waals surface area contributed by atoms with E-state index in [2.05, 4.69) is 19.9 Å². The standard InChI is InChI=1S/C43H64O9S2/c1-24(2)17-33(45)50-22-39(9)29-13-16-43(54)30(42(29,53)15-14-32(39)52-35(47)19-26(5)6)12-11-27-28-20-38(7,8)36(48)37(49)41(28,31(44)21-40(27,43)10)23-51-34(46)18-25(3)4/h11,17-19,28-32,36-37,44,48-49,53-54H,12-16,20-23H2,1-10H3/t28?,29?,30?,31-,32+,36+,37+,39-,40-,41+,42-,43+/m1/s1. The number of fused-ring (bicyclic) bond motifs is 7. The Labute approximate surface area is 333 Å². The van der Waals surface area contributed by atoms with Crippen LogP contribution >= 0.6 is 25.3 Å². The number of aliphatic hydroxyl groups excluding tert-OH is 3. The summed E-state index contributed by atoms with van der Waals surface area (Å²) in [5.74, 6) is -1.99. The topological polar surface area (TPSA) is 140 Å². The molecule has 5 aliphatic carbocycles. The molecule has 5 rings (SSSR count). The van der Waals surface area contributed by atoms with E-state index in [0.717, 1.165) is 22.3 Å². The smallest absolute Gasteiger partial charge is 0.330 e. The van der Waals surface area contributed by atoms with Crippen molar-refractivity contribution in [2.24, 2.45) is 39.4 Å². The van der Waals surface area contributed by atoms with Crippen LogP contribution in [0.4, 0.5) is 0 Å². The number of ether oxygens (including phenoxy) is 3. The van der Waals surface area contributed by atoms with E-state index in [4.69, 9.17) is 39.5 Å². The molecule has 11 heteroatoms. The molecule has 302 valence electrons. The van der Waals surface area contributed by atoms with E-state index in [0.29, 0.717) is 38.5 Å². The Bertz CT molecular complexity index is 1640. The van der Waals surface area contributed by atoms with Crippen molar-refractivity contribution in [1.29, 1.82) is 0 Å². The molecule has 5 aliphatic rings. The van der Waals surface area contributed by atoms with Gasteiger partial charge in [-0.15, -0.1) is 0 Å². The lowest BCUT2D eigenvalue weighted by molar-refractivity contribution is -0.243. The number of esters is 3. The van der Waals surface area contributed by atoms with Crippen molar-refractivity contribution in [2.75, 3.05) is 13.2 Å². The first kappa shape index (κ1) is 43.1. The van der Waals surface area contributed by atoms with Crippen LogP contribution in [0.3, 0.4) is 0 Å². The van der Waals surface area contributed by atoms with Gasteiger partial charge < -0.3 is 29.5 Å². The number of thiol groups is 2. The lowest BCUT2D eigenvalue weighted by Crippen LogP contribution is -2.73. The molecule has 0 aromatic rings. The van der Waals surface area contributed by atoms with Crippen molar-refractivity contribution in [2.45, 2.75) is 148 Å². The summed E-state index contributed by atoms with van der Waals surface area (Å²) in [5, 5.41) is 35.8. The highest BCUT2D eigenvalue weighted by Gasteiger charge is 2.73. The lowest BCUT2D eigenvalue weighted by atomic mass is 9.39. The third-order valence-corrected chi connectivity index (χ3v) is 16.1. The maximum Gasteiger partial charge on any atom is 0.330 e. The second kappa shape index (κ2) is 15.0. The molecule has 3 N–H and O–H groups in total. The summed E-state index contributed by atoms with van der Waals surface area (Å²) in [6.45, 7) is 18.9. The van der Waals surface area contributed by atoms with Gasteiger partial charge in [0.05, 0.1) is 23.7 Å². The molecule has 12 atom stereocenters. The molecule has 0 aliphatic heterocycles. The molecular formula is C43H64O9S2. The SMILES string of the molecule is CC(C)=CC(=O)OC[C@@]12C(CC(C)(C)[C@@H](O)[C@@H]1O)C1=CCC3[C@@]4(S)CC[C@H](OC(=O)C=C(C)C)[C@](C)(COC(=O)C=C(C)C)C4CC[C@@]3(S)[C@]1(C)C[C@H]2O. The maximum absolute atomic E-state index is 13.1. The third kappa shape index (κ3) is 7.09. The van der Waals surface area contributed by atoms with Crippen LogP contribution in [-0.2, 0) is 28.6 Å². The van der Waals surface area contributed by atoms with E-state index in [-0.39, 0.29) is 31.5 Å². The number of aliphatic hydroxyl groups is 3. The fraction of sp³-hybridized carbons (Fsp3) is 0.744. The first-order valence-corrected chi connectivity index (χ1v) is 20.5. The highest BCUT2D eigenvalue weighted by atomic mass is 32.1. The second-order valence-electron chi connectivity index (χ2n) is 19.1. The van der Waals surface area contributed by atoms with Crippen LogP contribution in [0.5, 0.6) is 0 Å². The average Bonchev–Trinajstić information content (AvgIpc) is 3.03. The van der Waals surface area contributed by atoms with Crippen molar-refractivity contribution in [3.05, 3.63) is 46.6 Å². The molecule has 0 spiro atoms. The van der Waals surface area contributed by atoms with E-state index < -0.39 is 79.4 Å². The van der Waals surface area contributed by atoms with Crippen LogP contribution in [-0.4, -0.2) is 80.4 Å². The zero-order valence-electron chi connectivity index (χ0n) is 33.9. The highest BCUT2D eigenvalue weighted by molar-refractivity contribution is 7.83. The van der Waals surface area contributed by atoms with Gasteiger partial charge in [-0.25, -0.2) is 14.4 Å². The summed E-state index contributed by atoms with van der Waals surface area (Å²) in [4.78, 5) is 38.8. The molecule has 9 nitrogen and oxygen atoms in total. The van der Waals surface area contributed by atoms with Crippen LogP contribution in [0.25, 0.3) is 0 Å². The summed E-state index contributed by atoms with van der Waals surface area (Å²) >= 11 is 11.3. The number of hydrogen-bond acceptors (Lipinski definition) is 11. The number of hydrogen-bond donors (Lipinski definition) is 5. The first-order chi connectivity index (χ1) is 24.9. The van der Waals surface area contributed by atoms with Gasteiger partial charge in [-0.1, -0.05) is 56.1 Å². The van der Waals surface area contributed by atoms with Gasteiger partial charge in [0.2, 0.25) is 0 Å². The van der Waals surface area contributed by atoms with Crippen molar-refractivity contribution in [3.8, 4) is 0 Å². The molecule has 4 fully saturated rings. The Morgan fingerprint density at radius 3 is 1.89 bits per heavy atom. The van der Waals surface area contributed by atoms with E-state index in [9.17, 15) is 29.7 Å². The van der Waals surface area contributed by atoms with Gasteiger partial charge in [0.1, 0.15) is 19.3 Å². The Kier molecular flexibility index (Phi) is 12.0. The zero-order valence-corrected chi connectivity index (χ0v) is 35.7. The predicted octanol–water partition coefficient (Wildman–Crippen LogP) is 6.90. The molecule has 3 unspecified atom stereocenters. The quantitative estimate of drug-likeness (QED) is 0.0585. The third-order valence-electron chi connectivity index (χ3n) is 14.2. The summed E-state index contributed by atoms with van der Waals surface area (Å²) in [6.07, 6.45) is 6.34. The van der Waals surface area contributed by atoms with Crippen LogP contribution < -0.4 is 0 Å². The minimum Gasteiger partial charge on any atom is -0.462 e. The second-order valence-corrected chi connectivity index (χ2v) is 20.7. The van der Waals surface area contributed by atoms with Crippen molar-refractivity contribution in [1.82, 2.24) is 0 Å². The molecular weight excluding hydrogens is 725 g/mol. The molecule has 0 aromatic carbocycles. The molecule has 0 aromatic heterocycles. The van der Waals surface area contributed by atoms with Crippen LogP contribution in [0, 0.1) is 39.4 Å². The van der Waals surface area contributed by atoms with Crippen LogP contribution in [0.2, 0.25) is 0 Å². The minimum atomic E-state index is -1.34. The summed E-state index contributed by atoms with van der Waals surface area (Å²) < 4.78 is 16.7. The first-order valence-electron chi connectivity index (χ1n) is 19.6. The summed E-state index contributed by atoms with van der Waals surface area (Å²) in [6, 6.07) is 0. The molecule has 4 saturated carbocycles. The fourth-order valence-electron chi connectivity index (χ4n) is 11.4. The number of allylic oxidation sites excluding steroid dienone is 5. The number of rotatable bonds is 8. The largest absolute Gasteiger partial charge is 0.462 e. The minimum absolute atomic E-state index is 0.0596. The number of carbonyl (C=O) groups is 3. The number of carbonyl (C=O) groups excluding carboxylic acids is 3. The average molecular weight is 789 g/mol. The van der Waals surface area contributed by atoms with E-state index in [1.807, 2.05) is 41.5 Å². The van der Waals surface area contributed by atoms with Crippen molar-refractivity contribution >= 4 is 43.2 Å². The van der Waals surface area contributed by atoms with Crippen molar-refractivity contribution in [3.63, 3.8) is 0 Å². The van der Waals surface area contributed by atoms with E-state index in [1.54, 1.807) is 13.8 Å². The molecule has 0 heterocycles. The maximum atomic E-state index is 13.1. The van der Waals surface area contributed by atoms with Gasteiger partial charge >= 0.3 is 17.9 Å². The van der Waals surface area contributed by atoms with Gasteiger partial charge in [-0.2, -0.15) is 25.3 Å². The predicted molar refractivity (Wildman–Crippen MR) is 215 cm³/mol. The van der Waals surface area contributed by atoms with Crippen molar-refractivity contribution < 1.29 is 43.9 Å². The highest BCUT2D eigenvalue weighted by Crippen LogP contribution is 2.73. The van der Waals surface area contributed by atoms with E-state index in [1.165, 1.54) is 18.2 Å². The zero-order chi connectivity index (χ0) is 40.4. The summed E-state index contributed by atoms with van der Waals surface area (Å²) in [5.41, 5.74) is 0.105. The monoisotopic (exact) mass is 788 g/mol. The molecule has 0 radical (unpaired) electrons. The van der Waals surface area contributed by atoms with Gasteiger partial charge in [-0.3, -0.25) is 0 Å². The van der Waals surface area contributed by atoms with Gasteiger partial charge in [0.25, 0.3) is 0 Å². The molecule has 0 saturated heterocycles. The lowest BCUT2D eigenvalue weighted by Gasteiger charge is -2.71. The van der Waals surface area contributed by atoms with E-state index >= 15 is 0 Å². The molecule has 54 heavy (non-hydrogen) atoms. The van der Waals surface area contributed by atoms with Gasteiger partial charge in [-0.05, 0) is 110 Å². The van der Waals surface area contributed by atoms with Crippen LogP contribution in [0.15, 0.2) is 46.6 Å². The Morgan fingerprint density at radius 1 is 0.759 bits per heavy atom. The molecule has 0 bridgehead atoms. The molecule has 0 amide bonds. The van der Waals surface area contributed by atoms with Gasteiger partial charge in [0, 0.05) is 38.6 Å². The summed E-state index contributed by atoms with van der Waals surface area (Å²) in [7, 11) is 0. The normalized spacial score (nSPS) is 41.9. The Hall–Kier alpha value is -2.05. The van der Waals surface area contributed by atoms with Crippen LogP contribution in [0.1, 0.15) is 114 Å². The fourth-order valence-corrected chi connectivity index (χ4v) is 13.1. The Morgan fingerprint density at radius 2 is 1.31 bits per heavy atom. The Balaban J connectivity index is 1.57.